The molecule has 0 aliphatic carbocycles. The van der Waals surface area contributed by atoms with Crippen LogP contribution in [0, 0.1) is 6.92 Å². The van der Waals surface area contributed by atoms with Crippen molar-refractivity contribution < 1.29 is 0 Å². The molecule has 0 saturated carbocycles. The zero-order valence-electron chi connectivity index (χ0n) is 10.2. The Hall–Kier alpha value is -0.610. The molecule has 0 bridgehead atoms. The first-order chi connectivity index (χ1) is 8.24. The number of hydrogen-bond donors (Lipinski definition) is 0. The van der Waals surface area contributed by atoms with E-state index in [0.29, 0.717) is 0 Å². The Morgan fingerprint density at radius 2 is 2.18 bits per heavy atom. The normalized spacial score (nSPS) is 25.1. The summed E-state index contributed by atoms with van der Waals surface area (Å²) in [5, 5.41) is 0. The molecule has 1 aromatic rings. The lowest BCUT2D eigenvalue weighted by molar-refractivity contribution is 0.230. The predicted molar refractivity (Wildman–Crippen MR) is 73.5 cm³/mol. The highest BCUT2D eigenvalue weighted by Gasteiger charge is 2.30. The molecule has 2 fully saturated rings. The highest BCUT2D eigenvalue weighted by molar-refractivity contribution is 9.10. The molecule has 92 valence electrons. The Bertz CT molecular complexity index is 421. The fourth-order valence-electron chi connectivity index (χ4n) is 2.91. The smallest absolute Gasteiger partial charge is 0.128 e. The lowest BCUT2D eigenvalue weighted by Crippen LogP contribution is -2.50. The number of aromatic nitrogens is 1. The van der Waals surface area contributed by atoms with E-state index in [2.05, 4.69) is 49.8 Å². The standard InChI is InChI=1S/C13H18BrN3/c1-10-12(14)4-5-13(15-10)17-8-7-16-6-2-3-11(16)9-17/h4-5,11H,2-3,6-9H2,1H3. The Kier molecular flexibility index (Phi) is 3.09. The van der Waals surface area contributed by atoms with Gasteiger partial charge in [0.15, 0.2) is 0 Å². The monoisotopic (exact) mass is 295 g/mol. The van der Waals surface area contributed by atoms with Gasteiger partial charge in [0.1, 0.15) is 5.82 Å². The Morgan fingerprint density at radius 3 is 3.00 bits per heavy atom. The van der Waals surface area contributed by atoms with Crippen LogP contribution in [0.4, 0.5) is 5.82 Å². The number of aryl methyl sites for hydroxylation is 1. The number of pyridine rings is 1. The second-order valence-corrected chi connectivity index (χ2v) is 5.87. The van der Waals surface area contributed by atoms with E-state index in [1.807, 2.05) is 0 Å². The van der Waals surface area contributed by atoms with Gasteiger partial charge in [-0.2, -0.15) is 0 Å². The molecule has 2 saturated heterocycles. The quantitative estimate of drug-likeness (QED) is 0.793. The molecule has 4 heteroatoms. The van der Waals surface area contributed by atoms with Crippen LogP contribution in [0.3, 0.4) is 0 Å². The predicted octanol–water partition coefficient (Wildman–Crippen LogP) is 2.44. The number of fused-ring (bicyclic) bond motifs is 1. The van der Waals surface area contributed by atoms with E-state index in [1.165, 1.54) is 25.9 Å². The summed E-state index contributed by atoms with van der Waals surface area (Å²) in [6.07, 6.45) is 2.72. The van der Waals surface area contributed by atoms with Crippen LogP contribution >= 0.6 is 15.9 Å². The summed E-state index contributed by atoms with van der Waals surface area (Å²) >= 11 is 3.51. The van der Waals surface area contributed by atoms with E-state index in [1.54, 1.807) is 0 Å². The largest absolute Gasteiger partial charge is 0.354 e. The summed E-state index contributed by atoms with van der Waals surface area (Å²) in [4.78, 5) is 9.73. The molecule has 0 spiro atoms. The molecule has 0 aromatic carbocycles. The van der Waals surface area contributed by atoms with Crippen molar-refractivity contribution in [3.05, 3.63) is 22.3 Å². The van der Waals surface area contributed by atoms with Crippen LogP contribution in [0.25, 0.3) is 0 Å². The molecule has 2 aliphatic rings. The molecule has 1 atom stereocenters. The van der Waals surface area contributed by atoms with E-state index < -0.39 is 0 Å². The number of hydrogen-bond acceptors (Lipinski definition) is 3. The molecule has 17 heavy (non-hydrogen) atoms. The molecule has 0 N–H and O–H groups in total. The minimum absolute atomic E-state index is 0.759. The van der Waals surface area contributed by atoms with Crippen molar-refractivity contribution in [2.45, 2.75) is 25.8 Å². The highest BCUT2D eigenvalue weighted by atomic mass is 79.9. The molecule has 3 rings (SSSR count). The van der Waals surface area contributed by atoms with E-state index in [9.17, 15) is 0 Å². The molecule has 1 aromatic heterocycles. The van der Waals surface area contributed by atoms with Crippen molar-refractivity contribution in [3.63, 3.8) is 0 Å². The summed E-state index contributed by atoms with van der Waals surface area (Å²) in [6.45, 7) is 6.81. The van der Waals surface area contributed by atoms with E-state index in [4.69, 9.17) is 0 Å². The van der Waals surface area contributed by atoms with Crippen LogP contribution in [0.5, 0.6) is 0 Å². The molecular weight excluding hydrogens is 278 g/mol. The average molecular weight is 296 g/mol. The van der Waals surface area contributed by atoms with Gasteiger partial charge >= 0.3 is 0 Å². The first kappa shape index (κ1) is 11.5. The number of halogens is 1. The fourth-order valence-corrected chi connectivity index (χ4v) is 3.13. The second-order valence-electron chi connectivity index (χ2n) is 5.01. The molecule has 3 nitrogen and oxygen atoms in total. The fraction of sp³-hybridized carbons (Fsp3) is 0.615. The van der Waals surface area contributed by atoms with Crippen molar-refractivity contribution in [3.8, 4) is 0 Å². The van der Waals surface area contributed by atoms with Crippen LogP contribution < -0.4 is 4.90 Å². The third-order valence-electron chi connectivity index (χ3n) is 3.92. The van der Waals surface area contributed by atoms with Crippen LogP contribution in [0.2, 0.25) is 0 Å². The van der Waals surface area contributed by atoms with Crippen molar-refractivity contribution in [2.24, 2.45) is 0 Å². The van der Waals surface area contributed by atoms with Gasteiger partial charge in [0.25, 0.3) is 0 Å². The zero-order valence-corrected chi connectivity index (χ0v) is 11.8. The third-order valence-corrected chi connectivity index (χ3v) is 4.76. The molecule has 0 amide bonds. The van der Waals surface area contributed by atoms with Crippen molar-refractivity contribution in [1.29, 1.82) is 0 Å². The first-order valence-electron chi connectivity index (χ1n) is 6.36. The first-order valence-corrected chi connectivity index (χ1v) is 7.15. The zero-order chi connectivity index (χ0) is 11.8. The van der Waals surface area contributed by atoms with E-state index in [-0.39, 0.29) is 0 Å². The second kappa shape index (κ2) is 4.58. The lowest BCUT2D eigenvalue weighted by Gasteiger charge is -2.38. The van der Waals surface area contributed by atoms with Gasteiger partial charge in [-0.15, -0.1) is 0 Å². The summed E-state index contributed by atoms with van der Waals surface area (Å²) in [5.74, 6) is 1.14. The molecule has 1 unspecified atom stereocenters. The number of rotatable bonds is 1. The minimum Gasteiger partial charge on any atom is -0.354 e. The highest BCUT2D eigenvalue weighted by Crippen LogP contribution is 2.25. The Labute approximate surface area is 111 Å². The molecule has 2 aliphatic heterocycles. The summed E-state index contributed by atoms with van der Waals surface area (Å²) < 4.78 is 1.10. The number of piperazine rings is 1. The van der Waals surface area contributed by atoms with Crippen molar-refractivity contribution >= 4 is 21.7 Å². The molecular formula is C13H18BrN3. The summed E-state index contributed by atoms with van der Waals surface area (Å²) in [7, 11) is 0. The number of anilines is 1. The topological polar surface area (TPSA) is 19.4 Å². The van der Waals surface area contributed by atoms with Gasteiger partial charge in [-0.1, -0.05) is 0 Å². The SMILES string of the molecule is Cc1nc(N2CCN3CCCC3C2)ccc1Br. The number of nitrogens with zero attached hydrogens (tertiary/aromatic N) is 3. The van der Waals surface area contributed by atoms with Crippen LogP contribution in [0.1, 0.15) is 18.5 Å². The summed E-state index contributed by atoms with van der Waals surface area (Å²) in [5.41, 5.74) is 1.08. The van der Waals surface area contributed by atoms with Gasteiger partial charge in [-0.3, -0.25) is 4.90 Å². The van der Waals surface area contributed by atoms with Gasteiger partial charge < -0.3 is 4.90 Å². The maximum atomic E-state index is 4.67. The minimum atomic E-state index is 0.759. The Morgan fingerprint density at radius 1 is 1.29 bits per heavy atom. The van der Waals surface area contributed by atoms with Gasteiger partial charge in [0.2, 0.25) is 0 Å². The lowest BCUT2D eigenvalue weighted by atomic mass is 10.1. The summed E-state index contributed by atoms with van der Waals surface area (Å²) in [6, 6.07) is 5.00. The average Bonchev–Trinajstić information content (AvgIpc) is 2.79. The molecule has 0 radical (unpaired) electrons. The molecule has 3 heterocycles. The van der Waals surface area contributed by atoms with Gasteiger partial charge in [0, 0.05) is 30.1 Å². The van der Waals surface area contributed by atoms with Crippen molar-refractivity contribution in [1.82, 2.24) is 9.88 Å². The van der Waals surface area contributed by atoms with Crippen molar-refractivity contribution in [2.75, 3.05) is 31.1 Å². The van der Waals surface area contributed by atoms with Crippen LogP contribution in [0.15, 0.2) is 16.6 Å². The van der Waals surface area contributed by atoms with Gasteiger partial charge in [-0.25, -0.2) is 4.98 Å². The van der Waals surface area contributed by atoms with E-state index >= 15 is 0 Å². The maximum Gasteiger partial charge on any atom is 0.128 e. The van der Waals surface area contributed by atoms with Gasteiger partial charge in [0.05, 0.1) is 5.69 Å². The van der Waals surface area contributed by atoms with Crippen LogP contribution in [-0.2, 0) is 0 Å². The maximum absolute atomic E-state index is 4.67. The third kappa shape index (κ3) is 2.20. The van der Waals surface area contributed by atoms with E-state index in [0.717, 1.165) is 35.1 Å². The van der Waals surface area contributed by atoms with Gasteiger partial charge in [-0.05, 0) is 54.4 Å². The van der Waals surface area contributed by atoms with Crippen LogP contribution in [-0.4, -0.2) is 42.1 Å². The Balaban J connectivity index is 1.78.